The van der Waals surface area contributed by atoms with Crippen LogP contribution in [0.2, 0.25) is 0 Å². The van der Waals surface area contributed by atoms with Crippen LogP contribution in [0.4, 0.5) is 0 Å². The summed E-state index contributed by atoms with van der Waals surface area (Å²) in [6, 6.07) is 14.7. The minimum absolute atomic E-state index is 0.169. The van der Waals surface area contributed by atoms with Crippen LogP contribution in [0.5, 0.6) is 5.75 Å². The van der Waals surface area contributed by atoms with Crippen LogP contribution in [0.25, 0.3) is 0 Å². The molecule has 2 rings (SSSR count). The highest BCUT2D eigenvalue weighted by atomic mass is 16.5. The molecule has 2 aromatic carbocycles. The molecule has 2 N–H and O–H groups in total. The molecule has 0 fully saturated rings. The van der Waals surface area contributed by atoms with E-state index in [0.717, 1.165) is 11.1 Å². The maximum absolute atomic E-state index is 12.0. The molecular formula is C19H22N2O3. The summed E-state index contributed by atoms with van der Waals surface area (Å²) < 4.78 is 5.55. The zero-order valence-corrected chi connectivity index (χ0v) is 14.1. The summed E-state index contributed by atoms with van der Waals surface area (Å²) in [6.45, 7) is 5.85. The Labute approximate surface area is 142 Å². The van der Waals surface area contributed by atoms with E-state index < -0.39 is 5.91 Å². The minimum atomic E-state index is -0.422. The SMILES string of the molecule is Cc1cccc(C(=O)NNC(=O)COc2ccccc2C(C)C)c1. The number of hydrogen-bond acceptors (Lipinski definition) is 3. The number of aryl methyl sites for hydroxylation is 1. The number of nitrogens with one attached hydrogen (secondary N) is 2. The van der Waals surface area contributed by atoms with Crippen molar-refractivity contribution in [2.45, 2.75) is 26.7 Å². The molecule has 2 amide bonds. The summed E-state index contributed by atoms with van der Waals surface area (Å²) in [5.74, 6) is 0.183. The molecule has 5 heteroatoms. The average molecular weight is 326 g/mol. The van der Waals surface area contributed by atoms with Crippen molar-refractivity contribution in [1.29, 1.82) is 0 Å². The van der Waals surface area contributed by atoms with Gasteiger partial charge in [-0.1, -0.05) is 49.7 Å². The van der Waals surface area contributed by atoms with Crippen molar-refractivity contribution in [1.82, 2.24) is 10.9 Å². The van der Waals surface area contributed by atoms with Crippen molar-refractivity contribution in [3.05, 3.63) is 65.2 Å². The van der Waals surface area contributed by atoms with Crippen molar-refractivity contribution in [2.24, 2.45) is 0 Å². The second-order valence-corrected chi connectivity index (χ2v) is 5.85. The van der Waals surface area contributed by atoms with Gasteiger partial charge < -0.3 is 4.74 Å². The lowest BCUT2D eigenvalue weighted by atomic mass is 10.0. The van der Waals surface area contributed by atoms with E-state index in [1.54, 1.807) is 18.2 Å². The standard InChI is InChI=1S/C19H22N2O3/c1-13(2)16-9-4-5-10-17(16)24-12-18(22)20-21-19(23)15-8-6-7-14(3)11-15/h4-11,13H,12H2,1-3H3,(H,20,22)(H,21,23). The molecule has 2 aromatic rings. The third kappa shape index (κ3) is 4.84. The first-order valence-corrected chi connectivity index (χ1v) is 7.85. The summed E-state index contributed by atoms with van der Waals surface area (Å²) in [5.41, 5.74) is 7.24. The number of para-hydroxylation sites is 1. The number of hydrogen-bond donors (Lipinski definition) is 2. The Hall–Kier alpha value is -2.82. The van der Waals surface area contributed by atoms with Gasteiger partial charge in [0.2, 0.25) is 0 Å². The van der Waals surface area contributed by atoms with Gasteiger partial charge in [0.1, 0.15) is 5.75 Å². The van der Waals surface area contributed by atoms with Gasteiger partial charge in [-0.15, -0.1) is 0 Å². The summed E-state index contributed by atoms with van der Waals surface area (Å²) in [6.07, 6.45) is 0. The van der Waals surface area contributed by atoms with Gasteiger partial charge in [-0.3, -0.25) is 20.4 Å². The van der Waals surface area contributed by atoms with Crippen LogP contribution in [0.15, 0.2) is 48.5 Å². The largest absolute Gasteiger partial charge is 0.483 e. The number of amides is 2. The molecule has 126 valence electrons. The lowest BCUT2D eigenvalue weighted by Gasteiger charge is -2.14. The monoisotopic (exact) mass is 326 g/mol. The highest BCUT2D eigenvalue weighted by Crippen LogP contribution is 2.25. The van der Waals surface area contributed by atoms with Crippen molar-refractivity contribution in [2.75, 3.05) is 6.61 Å². The van der Waals surface area contributed by atoms with Crippen LogP contribution in [0.1, 0.15) is 41.3 Å². The van der Waals surface area contributed by atoms with Gasteiger partial charge in [0.05, 0.1) is 0 Å². The smallest absolute Gasteiger partial charge is 0.276 e. The second-order valence-electron chi connectivity index (χ2n) is 5.85. The lowest BCUT2D eigenvalue weighted by molar-refractivity contribution is -0.123. The van der Waals surface area contributed by atoms with Crippen LogP contribution < -0.4 is 15.6 Å². The van der Waals surface area contributed by atoms with Gasteiger partial charge in [-0.25, -0.2) is 0 Å². The van der Waals surface area contributed by atoms with Crippen molar-refractivity contribution < 1.29 is 14.3 Å². The van der Waals surface area contributed by atoms with E-state index in [9.17, 15) is 9.59 Å². The third-order valence-corrected chi connectivity index (χ3v) is 3.50. The molecule has 0 unspecified atom stereocenters. The topological polar surface area (TPSA) is 67.4 Å². The Bertz CT molecular complexity index is 726. The maximum atomic E-state index is 12.0. The third-order valence-electron chi connectivity index (χ3n) is 3.50. The lowest BCUT2D eigenvalue weighted by Crippen LogP contribution is -2.43. The Balaban J connectivity index is 1.85. The number of ether oxygens (including phenoxy) is 1. The quantitative estimate of drug-likeness (QED) is 0.830. The van der Waals surface area contributed by atoms with Crippen LogP contribution in [-0.4, -0.2) is 18.4 Å². The highest BCUT2D eigenvalue weighted by Gasteiger charge is 2.10. The Morgan fingerprint density at radius 2 is 1.79 bits per heavy atom. The molecule has 0 aliphatic rings. The molecule has 0 aliphatic carbocycles. The predicted molar refractivity (Wildman–Crippen MR) is 92.8 cm³/mol. The van der Waals surface area contributed by atoms with Gasteiger partial charge in [-0.2, -0.15) is 0 Å². The fourth-order valence-corrected chi connectivity index (χ4v) is 2.25. The number of carbonyl (C=O) groups is 2. The van der Waals surface area contributed by atoms with Crippen molar-refractivity contribution in [3.63, 3.8) is 0 Å². The number of benzene rings is 2. The van der Waals surface area contributed by atoms with E-state index in [-0.39, 0.29) is 12.5 Å². The Morgan fingerprint density at radius 3 is 2.50 bits per heavy atom. The molecular weight excluding hydrogens is 304 g/mol. The summed E-state index contributed by atoms with van der Waals surface area (Å²) in [7, 11) is 0. The number of carbonyl (C=O) groups excluding carboxylic acids is 2. The van der Waals surface area contributed by atoms with E-state index >= 15 is 0 Å². The molecule has 0 bridgehead atoms. The summed E-state index contributed by atoms with van der Waals surface area (Å²) in [4.78, 5) is 23.8. The summed E-state index contributed by atoms with van der Waals surface area (Å²) >= 11 is 0. The first-order chi connectivity index (χ1) is 11.5. The maximum Gasteiger partial charge on any atom is 0.276 e. The average Bonchev–Trinajstić information content (AvgIpc) is 2.58. The van der Waals surface area contributed by atoms with Gasteiger partial charge >= 0.3 is 0 Å². The molecule has 0 heterocycles. The molecule has 0 radical (unpaired) electrons. The predicted octanol–water partition coefficient (Wildman–Crippen LogP) is 2.96. The second kappa shape index (κ2) is 8.15. The molecule has 0 aliphatic heterocycles. The summed E-state index contributed by atoms with van der Waals surface area (Å²) in [5, 5.41) is 0. The van der Waals surface area contributed by atoms with Gasteiger partial charge in [0.25, 0.3) is 11.8 Å². The molecule has 0 spiro atoms. The van der Waals surface area contributed by atoms with Gasteiger partial charge in [-0.05, 0) is 36.6 Å². The van der Waals surface area contributed by atoms with E-state index in [1.807, 2.05) is 37.3 Å². The van der Waals surface area contributed by atoms with Crippen molar-refractivity contribution in [3.8, 4) is 5.75 Å². The van der Waals surface area contributed by atoms with Crippen LogP contribution in [-0.2, 0) is 4.79 Å². The fraction of sp³-hybridized carbons (Fsp3) is 0.263. The Morgan fingerprint density at radius 1 is 1.04 bits per heavy atom. The highest BCUT2D eigenvalue weighted by molar-refractivity contribution is 5.95. The van der Waals surface area contributed by atoms with Crippen LogP contribution >= 0.6 is 0 Å². The van der Waals surface area contributed by atoms with Gasteiger partial charge in [0, 0.05) is 5.56 Å². The van der Waals surface area contributed by atoms with E-state index in [1.165, 1.54) is 0 Å². The van der Waals surface area contributed by atoms with Crippen LogP contribution in [0.3, 0.4) is 0 Å². The number of hydrazine groups is 1. The molecule has 0 saturated heterocycles. The fourth-order valence-electron chi connectivity index (χ4n) is 2.25. The van der Waals surface area contributed by atoms with Gasteiger partial charge in [0.15, 0.2) is 6.61 Å². The normalized spacial score (nSPS) is 10.3. The van der Waals surface area contributed by atoms with E-state index in [2.05, 4.69) is 24.7 Å². The Kier molecular flexibility index (Phi) is 5.95. The molecule has 0 aromatic heterocycles. The molecule has 5 nitrogen and oxygen atoms in total. The van der Waals surface area contributed by atoms with Crippen molar-refractivity contribution >= 4 is 11.8 Å². The molecule has 24 heavy (non-hydrogen) atoms. The van der Waals surface area contributed by atoms with E-state index in [4.69, 9.17) is 4.74 Å². The minimum Gasteiger partial charge on any atom is -0.483 e. The zero-order valence-electron chi connectivity index (χ0n) is 14.1. The molecule has 0 atom stereocenters. The molecule has 0 saturated carbocycles. The number of rotatable bonds is 5. The first kappa shape index (κ1) is 17.5. The van der Waals surface area contributed by atoms with E-state index in [0.29, 0.717) is 17.2 Å². The zero-order chi connectivity index (χ0) is 17.5. The first-order valence-electron chi connectivity index (χ1n) is 7.85. The van der Waals surface area contributed by atoms with Crippen LogP contribution in [0, 0.1) is 6.92 Å².